The van der Waals surface area contributed by atoms with E-state index in [9.17, 15) is 14.7 Å². The van der Waals surface area contributed by atoms with Crippen LogP contribution in [0.15, 0.2) is 60.8 Å². The number of nitrogens with one attached hydrogen (secondary N) is 1. The molecule has 0 spiro atoms. The molecule has 5 rings (SSSR count). The Morgan fingerprint density at radius 2 is 1.68 bits per heavy atom. The van der Waals surface area contributed by atoms with Gasteiger partial charge in [-0.2, -0.15) is 0 Å². The Kier molecular flexibility index (Phi) is 6.30. The molecule has 1 amide bonds. The van der Waals surface area contributed by atoms with Gasteiger partial charge in [-0.1, -0.05) is 54.6 Å². The van der Waals surface area contributed by atoms with Crippen molar-refractivity contribution in [2.24, 2.45) is 0 Å². The maximum atomic E-state index is 12.6. The summed E-state index contributed by atoms with van der Waals surface area (Å²) in [5, 5.41) is 12.7. The topological polar surface area (TPSA) is 115 Å². The van der Waals surface area contributed by atoms with E-state index in [0.29, 0.717) is 11.3 Å². The number of carboxylic acid groups (broad SMARTS) is 1. The van der Waals surface area contributed by atoms with E-state index >= 15 is 0 Å². The largest absolute Gasteiger partial charge is 0.478 e. The molecule has 0 unspecified atom stereocenters. The summed E-state index contributed by atoms with van der Waals surface area (Å²) in [7, 11) is 1.44. The number of imidazole rings is 1. The summed E-state index contributed by atoms with van der Waals surface area (Å²) in [4.78, 5) is 33.3. The van der Waals surface area contributed by atoms with Gasteiger partial charge >= 0.3 is 12.1 Å². The second-order valence-corrected chi connectivity index (χ2v) is 10.4. The minimum Gasteiger partial charge on any atom is -0.478 e. The van der Waals surface area contributed by atoms with Gasteiger partial charge in [0.05, 0.1) is 24.0 Å². The summed E-state index contributed by atoms with van der Waals surface area (Å²) < 4.78 is 12.6. The first-order valence-electron chi connectivity index (χ1n) is 12.5. The fourth-order valence-corrected chi connectivity index (χ4v) is 4.80. The maximum Gasteiger partial charge on any atom is 0.408 e. The van der Waals surface area contributed by atoms with E-state index in [1.807, 2.05) is 75.4 Å². The SMILES string of the molecule is COc1nc(C(=O)O)cn2c(-c3ccccc3)c(-c3ccc(C4(NC(=O)OC(C)(C)C)CCC4)cc3)nc12. The minimum absolute atomic E-state index is 0.125. The van der Waals surface area contributed by atoms with Gasteiger partial charge < -0.3 is 19.9 Å². The molecule has 1 fully saturated rings. The van der Waals surface area contributed by atoms with Crippen LogP contribution >= 0.6 is 0 Å². The molecule has 2 aromatic heterocycles. The third kappa shape index (κ3) is 4.67. The number of rotatable bonds is 6. The highest BCUT2D eigenvalue weighted by molar-refractivity contribution is 5.88. The lowest BCUT2D eigenvalue weighted by molar-refractivity contribution is 0.0377. The number of nitrogens with zero attached hydrogens (tertiary/aromatic N) is 3. The van der Waals surface area contributed by atoms with Gasteiger partial charge in [-0.3, -0.25) is 4.40 Å². The number of carbonyl (C=O) groups excluding carboxylic acids is 1. The molecular formula is C29H30N4O5. The second-order valence-electron chi connectivity index (χ2n) is 10.4. The van der Waals surface area contributed by atoms with E-state index in [-0.39, 0.29) is 11.6 Å². The number of alkyl carbamates (subject to hydrolysis) is 1. The highest BCUT2D eigenvalue weighted by atomic mass is 16.6. The molecule has 0 bridgehead atoms. The highest BCUT2D eigenvalue weighted by Gasteiger charge is 2.41. The van der Waals surface area contributed by atoms with E-state index in [4.69, 9.17) is 14.5 Å². The molecule has 2 N–H and O–H groups in total. The average Bonchev–Trinajstić information content (AvgIpc) is 3.25. The fraction of sp³-hybridized carbons (Fsp3) is 0.310. The molecule has 1 aliphatic carbocycles. The smallest absolute Gasteiger partial charge is 0.408 e. The zero-order chi connectivity index (χ0) is 27.1. The quantitative estimate of drug-likeness (QED) is 0.340. The van der Waals surface area contributed by atoms with Gasteiger partial charge in [0.25, 0.3) is 5.88 Å². The standard InChI is InChI=1S/C29H30N4O5/c1-28(2,3)38-27(36)32-29(15-8-16-29)20-13-11-18(12-14-20)22-23(19-9-6-5-7-10-19)33-17-21(26(34)35)30-25(37-4)24(33)31-22/h5-7,9-14,17H,8,15-16H2,1-4H3,(H,32,36)(H,34,35). The molecular weight excluding hydrogens is 484 g/mol. The summed E-state index contributed by atoms with van der Waals surface area (Å²) in [6, 6.07) is 17.6. The number of aromatic carboxylic acids is 1. The van der Waals surface area contributed by atoms with Crippen LogP contribution in [0.3, 0.4) is 0 Å². The molecule has 0 atom stereocenters. The number of benzene rings is 2. The number of ether oxygens (including phenoxy) is 2. The van der Waals surface area contributed by atoms with Gasteiger partial charge in [0.1, 0.15) is 5.60 Å². The van der Waals surface area contributed by atoms with Crippen molar-refractivity contribution < 1.29 is 24.2 Å². The second kappa shape index (κ2) is 9.48. The lowest BCUT2D eigenvalue weighted by atomic mass is 9.71. The van der Waals surface area contributed by atoms with Gasteiger partial charge in [-0.15, -0.1) is 0 Å². The van der Waals surface area contributed by atoms with Crippen LogP contribution in [0.5, 0.6) is 5.88 Å². The molecule has 9 nitrogen and oxygen atoms in total. The van der Waals surface area contributed by atoms with Crippen LogP contribution in [-0.2, 0) is 10.3 Å². The number of carbonyl (C=O) groups is 2. The van der Waals surface area contributed by atoms with Gasteiger partial charge in [0, 0.05) is 17.3 Å². The summed E-state index contributed by atoms with van der Waals surface area (Å²) >= 11 is 0. The Labute approximate surface area is 220 Å². The van der Waals surface area contributed by atoms with Gasteiger partial charge in [0.15, 0.2) is 5.69 Å². The molecule has 2 heterocycles. The zero-order valence-corrected chi connectivity index (χ0v) is 21.8. The number of fused-ring (bicyclic) bond motifs is 1. The molecule has 1 aliphatic rings. The molecule has 196 valence electrons. The van der Waals surface area contributed by atoms with Crippen LogP contribution in [0.2, 0.25) is 0 Å². The molecule has 0 radical (unpaired) electrons. The summed E-state index contributed by atoms with van der Waals surface area (Å²) in [5.74, 6) is -1.04. The van der Waals surface area contributed by atoms with Crippen LogP contribution < -0.4 is 10.1 Å². The van der Waals surface area contributed by atoms with E-state index < -0.39 is 23.2 Å². The lowest BCUT2D eigenvalue weighted by Crippen LogP contribution is -2.52. The molecule has 4 aromatic rings. The van der Waals surface area contributed by atoms with E-state index in [2.05, 4.69) is 10.3 Å². The Morgan fingerprint density at radius 3 is 2.24 bits per heavy atom. The first kappa shape index (κ1) is 25.3. The van der Waals surface area contributed by atoms with Crippen molar-refractivity contribution in [3.8, 4) is 28.4 Å². The van der Waals surface area contributed by atoms with Crippen molar-refractivity contribution in [2.75, 3.05) is 7.11 Å². The Balaban J connectivity index is 1.59. The Bertz CT molecular complexity index is 1500. The molecule has 1 saturated carbocycles. The maximum absolute atomic E-state index is 12.6. The molecule has 38 heavy (non-hydrogen) atoms. The predicted octanol–water partition coefficient (Wildman–Crippen LogP) is 5.67. The van der Waals surface area contributed by atoms with Crippen molar-refractivity contribution in [3.63, 3.8) is 0 Å². The van der Waals surface area contributed by atoms with Crippen molar-refractivity contribution >= 4 is 17.7 Å². The summed E-state index contributed by atoms with van der Waals surface area (Å²) in [6.07, 6.45) is 3.70. The number of aromatic nitrogens is 3. The first-order valence-corrected chi connectivity index (χ1v) is 12.5. The first-order chi connectivity index (χ1) is 18.1. The summed E-state index contributed by atoms with van der Waals surface area (Å²) in [5.41, 5.74) is 3.31. The van der Waals surface area contributed by atoms with Crippen molar-refractivity contribution in [3.05, 3.63) is 72.1 Å². The number of carboxylic acids is 1. The minimum atomic E-state index is -1.16. The van der Waals surface area contributed by atoms with Crippen LogP contribution in [0.1, 0.15) is 56.1 Å². The summed E-state index contributed by atoms with van der Waals surface area (Å²) in [6.45, 7) is 5.54. The number of methoxy groups -OCH3 is 1. The van der Waals surface area contributed by atoms with Gasteiger partial charge in [-0.25, -0.2) is 19.6 Å². The van der Waals surface area contributed by atoms with Crippen LogP contribution in [-0.4, -0.2) is 44.2 Å². The normalized spacial score (nSPS) is 14.5. The molecule has 2 aromatic carbocycles. The predicted molar refractivity (Wildman–Crippen MR) is 142 cm³/mol. The third-order valence-corrected chi connectivity index (χ3v) is 6.69. The molecule has 0 aliphatic heterocycles. The van der Waals surface area contributed by atoms with Gasteiger partial charge in [0.2, 0.25) is 5.65 Å². The lowest BCUT2D eigenvalue weighted by Gasteiger charge is -2.43. The van der Waals surface area contributed by atoms with Crippen LogP contribution in [0.4, 0.5) is 4.79 Å². The Morgan fingerprint density at radius 1 is 1.00 bits per heavy atom. The zero-order valence-electron chi connectivity index (χ0n) is 21.8. The molecule has 9 heteroatoms. The average molecular weight is 515 g/mol. The van der Waals surface area contributed by atoms with E-state index in [0.717, 1.165) is 41.6 Å². The molecule has 0 saturated heterocycles. The third-order valence-electron chi connectivity index (χ3n) is 6.69. The van der Waals surface area contributed by atoms with Crippen LogP contribution in [0.25, 0.3) is 28.2 Å². The van der Waals surface area contributed by atoms with Crippen molar-refractivity contribution in [1.29, 1.82) is 0 Å². The van der Waals surface area contributed by atoms with Crippen LogP contribution in [0, 0.1) is 0 Å². The highest BCUT2D eigenvalue weighted by Crippen LogP contribution is 2.43. The Hall–Kier alpha value is -4.40. The van der Waals surface area contributed by atoms with Crippen molar-refractivity contribution in [2.45, 2.75) is 51.2 Å². The number of amides is 1. The van der Waals surface area contributed by atoms with Gasteiger partial charge in [-0.05, 0) is 45.6 Å². The number of hydrogen-bond donors (Lipinski definition) is 2. The fourth-order valence-electron chi connectivity index (χ4n) is 4.80. The van der Waals surface area contributed by atoms with Crippen molar-refractivity contribution in [1.82, 2.24) is 19.7 Å². The number of hydrogen-bond acceptors (Lipinski definition) is 6. The van der Waals surface area contributed by atoms with E-state index in [1.54, 1.807) is 4.40 Å². The van der Waals surface area contributed by atoms with E-state index in [1.165, 1.54) is 13.3 Å². The monoisotopic (exact) mass is 514 g/mol.